The molecule has 0 aliphatic rings. The van der Waals surface area contributed by atoms with Crippen LogP contribution in [-0.4, -0.2) is 17.5 Å². The largest absolute Gasteiger partial charge is 0.467 e. The van der Waals surface area contributed by atoms with Gasteiger partial charge in [-0.25, -0.2) is 4.79 Å². The molecule has 2 amide bonds. The maximum atomic E-state index is 12.9. The van der Waals surface area contributed by atoms with Crippen LogP contribution in [0.3, 0.4) is 0 Å². The van der Waals surface area contributed by atoms with E-state index in [9.17, 15) is 4.79 Å². The first-order valence-corrected chi connectivity index (χ1v) is 10.3. The number of hydrogen-bond donors (Lipinski definition) is 1. The lowest BCUT2D eigenvalue weighted by Gasteiger charge is -2.23. The first-order chi connectivity index (χ1) is 13.9. The second-order valence-corrected chi connectivity index (χ2v) is 8.04. The van der Waals surface area contributed by atoms with Crippen molar-refractivity contribution >= 4 is 34.9 Å². The van der Waals surface area contributed by atoms with Gasteiger partial charge in [0, 0.05) is 22.3 Å². The van der Waals surface area contributed by atoms with Gasteiger partial charge in [0.25, 0.3) is 0 Å². The molecule has 0 aliphatic heterocycles. The van der Waals surface area contributed by atoms with Crippen molar-refractivity contribution in [1.82, 2.24) is 4.90 Å². The van der Waals surface area contributed by atoms with Crippen LogP contribution in [0.25, 0.3) is 0 Å². The van der Waals surface area contributed by atoms with Crippen LogP contribution in [0.4, 0.5) is 10.5 Å². The quantitative estimate of drug-likeness (QED) is 0.438. The number of anilines is 1. The van der Waals surface area contributed by atoms with E-state index in [0.29, 0.717) is 35.5 Å². The standard InChI is InChI=1S/C23H24Cl2N2O2/c1-16(2)17-6-9-20(10-7-17)26-23(28)27(15-21-4-3-13-29-21)12-11-18-5-8-19(24)14-22(18)25/h3-10,13-14,16H,11-12,15H2,1-2H3,(H,26,28). The van der Waals surface area contributed by atoms with Gasteiger partial charge >= 0.3 is 6.03 Å². The lowest BCUT2D eigenvalue weighted by atomic mass is 10.0. The van der Waals surface area contributed by atoms with Crippen molar-refractivity contribution in [3.63, 3.8) is 0 Å². The molecule has 0 atom stereocenters. The number of nitrogens with zero attached hydrogens (tertiary/aromatic N) is 1. The number of amides is 2. The van der Waals surface area contributed by atoms with E-state index in [1.807, 2.05) is 42.5 Å². The highest BCUT2D eigenvalue weighted by molar-refractivity contribution is 6.35. The summed E-state index contributed by atoms with van der Waals surface area (Å²) in [6.07, 6.45) is 2.21. The Morgan fingerprint density at radius 3 is 2.48 bits per heavy atom. The molecule has 0 saturated carbocycles. The lowest BCUT2D eigenvalue weighted by molar-refractivity contribution is 0.205. The van der Waals surface area contributed by atoms with Crippen LogP contribution in [0.5, 0.6) is 0 Å². The molecule has 1 heterocycles. The summed E-state index contributed by atoms with van der Waals surface area (Å²) in [7, 11) is 0. The molecule has 0 radical (unpaired) electrons. The molecule has 3 rings (SSSR count). The molecule has 0 aliphatic carbocycles. The van der Waals surface area contributed by atoms with Crippen LogP contribution in [0.2, 0.25) is 10.0 Å². The van der Waals surface area contributed by atoms with Gasteiger partial charge in [0.15, 0.2) is 0 Å². The topological polar surface area (TPSA) is 45.5 Å². The molecule has 0 unspecified atom stereocenters. The van der Waals surface area contributed by atoms with Crippen LogP contribution in [0, 0.1) is 0 Å². The van der Waals surface area contributed by atoms with E-state index >= 15 is 0 Å². The lowest BCUT2D eigenvalue weighted by Crippen LogP contribution is -2.36. The average Bonchev–Trinajstić information content (AvgIpc) is 3.20. The molecule has 0 spiro atoms. The Kier molecular flexibility index (Phi) is 7.24. The third-order valence-electron chi connectivity index (χ3n) is 4.71. The number of rotatable bonds is 7. The average molecular weight is 431 g/mol. The number of hydrogen-bond acceptors (Lipinski definition) is 2. The molecule has 29 heavy (non-hydrogen) atoms. The van der Waals surface area contributed by atoms with Crippen molar-refractivity contribution < 1.29 is 9.21 Å². The van der Waals surface area contributed by atoms with Gasteiger partial charge in [-0.1, -0.05) is 55.2 Å². The van der Waals surface area contributed by atoms with E-state index in [1.54, 1.807) is 23.3 Å². The predicted molar refractivity (Wildman–Crippen MR) is 119 cm³/mol. The fourth-order valence-electron chi connectivity index (χ4n) is 2.98. The third kappa shape index (κ3) is 6.02. The van der Waals surface area contributed by atoms with Crippen LogP contribution in [-0.2, 0) is 13.0 Å². The molecule has 4 nitrogen and oxygen atoms in total. The fourth-order valence-corrected chi connectivity index (χ4v) is 3.48. The smallest absolute Gasteiger partial charge is 0.322 e. The van der Waals surface area contributed by atoms with E-state index in [4.69, 9.17) is 27.6 Å². The zero-order valence-electron chi connectivity index (χ0n) is 16.5. The molecule has 1 N–H and O–H groups in total. The van der Waals surface area contributed by atoms with Crippen molar-refractivity contribution in [1.29, 1.82) is 0 Å². The van der Waals surface area contributed by atoms with E-state index in [1.165, 1.54) is 5.56 Å². The van der Waals surface area contributed by atoms with Gasteiger partial charge < -0.3 is 14.6 Å². The summed E-state index contributed by atoms with van der Waals surface area (Å²) < 4.78 is 5.43. The Hall–Kier alpha value is -2.43. The Balaban J connectivity index is 1.70. The molecule has 2 aromatic carbocycles. The Bertz CT molecular complexity index is 938. The molecular weight excluding hydrogens is 407 g/mol. The van der Waals surface area contributed by atoms with Crippen LogP contribution < -0.4 is 5.32 Å². The van der Waals surface area contributed by atoms with E-state index in [2.05, 4.69) is 19.2 Å². The second kappa shape index (κ2) is 9.86. The first-order valence-electron chi connectivity index (χ1n) is 9.54. The van der Waals surface area contributed by atoms with Gasteiger partial charge in [0.1, 0.15) is 5.76 Å². The van der Waals surface area contributed by atoms with Gasteiger partial charge in [-0.05, 0) is 59.9 Å². The molecule has 152 valence electrons. The molecule has 1 aromatic heterocycles. The zero-order chi connectivity index (χ0) is 20.8. The highest BCUT2D eigenvalue weighted by Crippen LogP contribution is 2.22. The minimum atomic E-state index is -0.191. The normalized spacial score (nSPS) is 10.9. The maximum Gasteiger partial charge on any atom is 0.322 e. The fraction of sp³-hybridized carbons (Fsp3) is 0.261. The summed E-state index contributed by atoms with van der Waals surface area (Å²) in [5, 5.41) is 4.16. The minimum Gasteiger partial charge on any atom is -0.467 e. The molecule has 3 aromatic rings. The predicted octanol–water partition coefficient (Wildman–Crippen LogP) is 6.99. The highest BCUT2D eigenvalue weighted by Gasteiger charge is 2.16. The van der Waals surface area contributed by atoms with Crippen LogP contribution in [0.1, 0.15) is 36.7 Å². The second-order valence-electron chi connectivity index (χ2n) is 7.19. The Labute approximate surface area is 181 Å². The van der Waals surface area contributed by atoms with Gasteiger partial charge in [0.2, 0.25) is 0 Å². The van der Waals surface area contributed by atoms with Crippen molar-refractivity contribution in [2.75, 3.05) is 11.9 Å². The van der Waals surface area contributed by atoms with E-state index in [0.717, 1.165) is 17.0 Å². The zero-order valence-corrected chi connectivity index (χ0v) is 18.0. The van der Waals surface area contributed by atoms with Crippen molar-refractivity contribution in [3.05, 3.63) is 87.8 Å². The number of nitrogens with one attached hydrogen (secondary N) is 1. The number of carbonyl (C=O) groups is 1. The van der Waals surface area contributed by atoms with Crippen LogP contribution in [0.15, 0.2) is 65.3 Å². The van der Waals surface area contributed by atoms with Gasteiger partial charge in [0.05, 0.1) is 12.8 Å². The molecule has 6 heteroatoms. The molecule has 0 fully saturated rings. The molecule has 0 bridgehead atoms. The van der Waals surface area contributed by atoms with Gasteiger partial charge in [-0.15, -0.1) is 0 Å². The monoisotopic (exact) mass is 430 g/mol. The summed E-state index contributed by atoms with van der Waals surface area (Å²) >= 11 is 12.3. The minimum absolute atomic E-state index is 0.191. The van der Waals surface area contributed by atoms with Crippen molar-refractivity contribution in [3.8, 4) is 0 Å². The van der Waals surface area contributed by atoms with Gasteiger partial charge in [-0.3, -0.25) is 0 Å². The third-order valence-corrected chi connectivity index (χ3v) is 5.30. The van der Waals surface area contributed by atoms with E-state index < -0.39 is 0 Å². The Morgan fingerprint density at radius 2 is 1.86 bits per heavy atom. The van der Waals surface area contributed by atoms with Crippen molar-refractivity contribution in [2.24, 2.45) is 0 Å². The summed E-state index contributed by atoms with van der Waals surface area (Å²) in [4.78, 5) is 14.6. The number of urea groups is 1. The van der Waals surface area contributed by atoms with Gasteiger partial charge in [-0.2, -0.15) is 0 Å². The molecule has 0 saturated heterocycles. The summed E-state index contributed by atoms with van der Waals surface area (Å²) in [6.45, 7) is 5.13. The summed E-state index contributed by atoms with van der Waals surface area (Å²) in [5.41, 5.74) is 2.93. The first kappa shape index (κ1) is 21.3. The number of furan rings is 1. The van der Waals surface area contributed by atoms with E-state index in [-0.39, 0.29) is 6.03 Å². The van der Waals surface area contributed by atoms with Crippen molar-refractivity contribution in [2.45, 2.75) is 32.7 Å². The maximum absolute atomic E-state index is 12.9. The van der Waals surface area contributed by atoms with Crippen LogP contribution >= 0.6 is 23.2 Å². The Morgan fingerprint density at radius 1 is 1.10 bits per heavy atom. The SMILES string of the molecule is CC(C)c1ccc(NC(=O)N(CCc2ccc(Cl)cc2Cl)Cc2ccco2)cc1. The summed E-state index contributed by atoms with van der Waals surface area (Å²) in [6, 6.07) is 16.8. The number of halogens is 2. The molecular formula is C23H24Cl2N2O2. The number of benzene rings is 2. The number of carbonyl (C=O) groups excluding carboxylic acids is 1. The highest BCUT2D eigenvalue weighted by atomic mass is 35.5. The summed E-state index contributed by atoms with van der Waals surface area (Å²) in [5.74, 6) is 1.16.